The van der Waals surface area contributed by atoms with Crippen LogP contribution in [0, 0.1) is 0 Å². The number of carbonyl (C=O) groups is 2. The van der Waals surface area contributed by atoms with Crippen molar-refractivity contribution in [1.82, 2.24) is 0 Å². The van der Waals surface area contributed by atoms with Crippen LogP contribution in [0.4, 0.5) is 0 Å². The molecule has 4 nitrogen and oxygen atoms in total. The van der Waals surface area contributed by atoms with Crippen molar-refractivity contribution in [3.8, 4) is 0 Å². The Bertz CT molecular complexity index is 340. The summed E-state index contributed by atoms with van der Waals surface area (Å²) in [4.78, 5) is 21.8. The third kappa shape index (κ3) is 20.5. The zero-order valence-electron chi connectivity index (χ0n) is 18.2. The SMILES string of the molecule is CCCCCCCCCCCCCCCCCC(=O)OC(C)C(=O)[O-].[Ca+2].[H-]. The molecule has 0 heterocycles. The number of rotatable bonds is 18. The van der Waals surface area contributed by atoms with E-state index in [1.807, 2.05) is 0 Å². The number of carboxylic acids is 1. The van der Waals surface area contributed by atoms with E-state index in [1.165, 1.54) is 84.0 Å². The first-order valence-corrected chi connectivity index (χ1v) is 10.5. The maximum Gasteiger partial charge on any atom is 2.00 e. The van der Waals surface area contributed by atoms with Crippen LogP contribution in [0.25, 0.3) is 0 Å². The van der Waals surface area contributed by atoms with Crippen LogP contribution >= 0.6 is 0 Å². The molecule has 0 saturated carbocycles. The monoisotopic (exact) mass is 396 g/mol. The van der Waals surface area contributed by atoms with Gasteiger partial charge < -0.3 is 16.1 Å². The van der Waals surface area contributed by atoms with E-state index in [-0.39, 0.29) is 39.2 Å². The van der Waals surface area contributed by atoms with Crippen LogP contribution in [-0.4, -0.2) is 55.8 Å². The summed E-state index contributed by atoms with van der Waals surface area (Å²) in [5.74, 6) is -1.78. The second kappa shape index (κ2) is 21.5. The van der Waals surface area contributed by atoms with Crippen LogP contribution in [0.1, 0.15) is 118 Å². The quantitative estimate of drug-likeness (QED) is 0.192. The van der Waals surface area contributed by atoms with Gasteiger partial charge in [0.25, 0.3) is 0 Å². The smallest absolute Gasteiger partial charge is 1.00 e. The molecule has 1 atom stereocenters. The van der Waals surface area contributed by atoms with Gasteiger partial charge in [0.1, 0.15) is 6.10 Å². The van der Waals surface area contributed by atoms with Crippen LogP contribution in [0.3, 0.4) is 0 Å². The number of unbranched alkanes of at least 4 members (excludes halogenated alkanes) is 14. The van der Waals surface area contributed by atoms with E-state index >= 15 is 0 Å². The third-order valence-corrected chi connectivity index (χ3v) is 4.62. The number of hydrogen-bond acceptors (Lipinski definition) is 4. The van der Waals surface area contributed by atoms with Gasteiger partial charge in [-0.15, -0.1) is 0 Å². The Morgan fingerprint density at radius 1 is 0.769 bits per heavy atom. The molecule has 0 aromatic carbocycles. The molecule has 0 saturated heterocycles. The third-order valence-electron chi connectivity index (χ3n) is 4.62. The minimum Gasteiger partial charge on any atom is -1.00 e. The molecule has 0 aromatic rings. The van der Waals surface area contributed by atoms with Gasteiger partial charge in [-0.1, -0.05) is 96.8 Å². The molecule has 26 heavy (non-hydrogen) atoms. The predicted octanol–water partition coefficient (Wildman–Crippen LogP) is 4.66. The van der Waals surface area contributed by atoms with Crippen LogP contribution in [0.15, 0.2) is 0 Å². The maximum atomic E-state index is 11.4. The zero-order chi connectivity index (χ0) is 18.8. The average Bonchev–Trinajstić information content (AvgIpc) is 2.58. The predicted molar refractivity (Wildman–Crippen MR) is 107 cm³/mol. The molecular formula is C21H40CaO4. The summed E-state index contributed by atoms with van der Waals surface area (Å²) in [6, 6.07) is 0. The van der Waals surface area contributed by atoms with Gasteiger partial charge in [0.15, 0.2) is 0 Å². The number of hydrogen-bond donors (Lipinski definition) is 0. The molecule has 0 spiro atoms. The van der Waals surface area contributed by atoms with E-state index in [2.05, 4.69) is 6.92 Å². The minimum absolute atomic E-state index is 0. The fourth-order valence-electron chi connectivity index (χ4n) is 2.94. The van der Waals surface area contributed by atoms with Crippen molar-refractivity contribution in [2.75, 3.05) is 0 Å². The first kappa shape index (κ1) is 28.4. The van der Waals surface area contributed by atoms with Gasteiger partial charge in [0, 0.05) is 6.42 Å². The summed E-state index contributed by atoms with van der Waals surface area (Å²) in [7, 11) is 0. The number of carboxylic acid groups (broad SMARTS) is 1. The van der Waals surface area contributed by atoms with Crippen LogP contribution in [-0.2, 0) is 14.3 Å². The fourth-order valence-corrected chi connectivity index (χ4v) is 2.94. The number of carbonyl (C=O) groups excluding carboxylic acids is 2. The molecule has 5 heteroatoms. The topological polar surface area (TPSA) is 66.4 Å². The van der Waals surface area contributed by atoms with Crippen molar-refractivity contribution < 1.29 is 20.9 Å². The van der Waals surface area contributed by atoms with Gasteiger partial charge in [-0.25, -0.2) is 0 Å². The van der Waals surface area contributed by atoms with E-state index in [1.54, 1.807) is 0 Å². The molecule has 0 aliphatic rings. The summed E-state index contributed by atoms with van der Waals surface area (Å²) < 4.78 is 4.73. The summed E-state index contributed by atoms with van der Waals surface area (Å²) in [5.41, 5.74) is 0. The molecule has 0 rings (SSSR count). The Kier molecular flexibility index (Phi) is 23.5. The number of esters is 1. The zero-order valence-corrected chi connectivity index (χ0v) is 19.4. The van der Waals surface area contributed by atoms with Crippen molar-refractivity contribution in [3.63, 3.8) is 0 Å². The van der Waals surface area contributed by atoms with Crippen molar-refractivity contribution in [2.45, 2.75) is 123 Å². The molecule has 0 amide bonds. The van der Waals surface area contributed by atoms with Gasteiger partial charge in [-0.2, -0.15) is 0 Å². The standard InChI is InChI=1S/C21H40O4.Ca.H/c1-3-4-5-6-7-8-9-10-11-12-13-14-15-16-17-18-20(22)25-19(2)21(23)24;;/h19H,3-18H2,1-2H3,(H,23,24);;/q;+2;-1/p-1. The molecule has 0 radical (unpaired) electrons. The molecule has 1 unspecified atom stereocenters. The molecular weight excluding hydrogens is 356 g/mol. The molecule has 150 valence electrons. The molecule has 0 fully saturated rings. The summed E-state index contributed by atoms with van der Waals surface area (Å²) in [6.45, 7) is 3.58. The number of ether oxygens (including phenoxy) is 1. The minimum atomic E-state index is -1.34. The average molecular weight is 397 g/mol. The fraction of sp³-hybridized carbons (Fsp3) is 0.905. The molecule has 0 bridgehead atoms. The summed E-state index contributed by atoms with van der Waals surface area (Å²) >= 11 is 0. The van der Waals surface area contributed by atoms with Gasteiger partial charge >= 0.3 is 43.7 Å². The largest absolute Gasteiger partial charge is 2.00 e. The second-order valence-electron chi connectivity index (χ2n) is 7.15. The summed E-state index contributed by atoms with van der Waals surface area (Å²) in [5, 5.41) is 10.5. The van der Waals surface area contributed by atoms with Gasteiger partial charge in [0.2, 0.25) is 0 Å². The van der Waals surface area contributed by atoms with Crippen LogP contribution in [0.5, 0.6) is 0 Å². The normalized spacial score (nSPS) is 11.6. The first-order valence-electron chi connectivity index (χ1n) is 10.5. The maximum absolute atomic E-state index is 11.4. The molecule has 0 aromatic heterocycles. The van der Waals surface area contributed by atoms with E-state index in [0.717, 1.165) is 19.3 Å². The van der Waals surface area contributed by atoms with Crippen molar-refractivity contribution >= 4 is 49.7 Å². The molecule has 0 N–H and O–H groups in total. The Hall–Kier alpha value is 0.200. The van der Waals surface area contributed by atoms with Crippen LogP contribution < -0.4 is 5.11 Å². The van der Waals surface area contributed by atoms with Gasteiger partial charge in [-0.05, 0) is 13.3 Å². The first-order chi connectivity index (χ1) is 12.1. The Balaban J connectivity index is -0.00000288. The number of aliphatic carboxylic acids is 1. The van der Waals surface area contributed by atoms with Gasteiger partial charge in [-0.3, -0.25) is 4.79 Å². The van der Waals surface area contributed by atoms with E-state index in [4.69, 9.17) is 4.74 Å². The van der Waals surface area contributed by atoms with Crippen molar-refractivity contribution in [2.24, 2.45) is 0 Å². The van der Waals surface area contributed by atoms with E-state index in [9.17, 15) is 14.7 Å². The van der Waals surface area contributed by atoms with E-state index < -0.39 is 18.0 Å². The van der Waals surface area contributed by atoms with E-state index in [0.29, 0.717) is 6.42 Å². The Morgan fingerprint density at radius 2 is 1.12 bits per heavy atom. The van der Waals surface area contributed by atoms with Crippen molar-refractivity contribution in [1.29, 1.82) is 0 Å². The van der Waals surface area contributed by atoms with Crippen LogP contribution in [0.2, 0.25) is 0 Å². The second-order valence-corrected chi connectivity index (χ2v) is 7.15. The summed E-state index contributed by atoms with van der Waals surface area (Å²) in [6.07, 6.45) is 18.3. The Labute approximate surface area is 192 Å². The van der Waals surface area contributed by atoms with Crippen molar-refractivity contribution in [3.05, 3.63) is 0 Å². The molecule has 0 aliphatic heterocycles. The Morgan fingerprint density at radius 3 is 1.46 bits per heavy atom. The molecule has 0 aliphatic carbocycles. The van der Waals surface area contributed by atoms with Gasteiger partial charge in [0.05, 0.1) is 5.97 Å².